The van der Waals surface area contributed by atoms with Crippen LogP contribution in [0.25, 0.3) is 0 Å². The highest BCUT2D eigenvalue weighted by Crippen LogP contribution is 2.21. The Morgan fingerprint density at radius 3 is 2.50 bits per heavy atom. The minimum absolute atomic E-state index is 0.557. The molecule has 0 aliphatic carbocycles. The van der Waals surface area contributed by atoms with Crippen LogP contribution in [0.4, 0.5) is 0 Å². The Labute approximate surface area is 161 Å². The molecule has 2 rings (SSSR count). The van der Waals surface area contributed by atoms with Crippen LogP contribution in [0.1, 0.15) is 63.6 Å². The lowest BCUT2D eigenvalue weighted by Gasteiger charge is -2.25. The fraction of sp³-hybridized carbons (Fsp3) is 0.520. The molecule has 1 aliphatic rings. The second-order valence-electron chi connectivity index (χ2n) is 8.03. The number of hydrogen-bond donors (Lipinski definition) is 0. The molecule has 1 aromatic carbocycles. The molecule has 1 aromatic rings. The van der Waals surface area contributed by atoms with E-state index in [0.29, 0.717) is 5.92 Å². The highest BCUT2D eigenvalue weighted by molar-refractivity contribution is 5.43. The molecule has 0 N–H and O–H groups in total. The van der Waals surface area contributed by atoms with Gasteiger partial charge in [0.2, 0.25) is 0 Å². The van der Waals surface area contributed by atoms with E-state index in [0.717, 1.165) is 12.8 Å². The summed E-state index contributed by atoms with van der Waals surface area (Å²) in [5, 5.41) is 0. The van der Waals surface area contributed by atoms with Crippen LogP contribution in [0.2, 0.25) is 0 Å². The van der Waals surface area contributed by atoms with Crippen LogP contribution in [0, 0.1) is 24.7 Å². The molecule has 0 unspecified atom stereocenters. The van der Waals surface area contributed by atoms with E-state index in [2.05, 4.69) is 82.7 Å². The van der Waals surface area contributed by atoms with Crippen LogP contribution in [0.3, 0.4) is 0 Å². The molecule has 1 heteroatoms. The van der Waals surface area contributed by atoms with E-state index in [4.69, 9.17) is 0 Å². The van der Waals surface area contributed by atoms with Crippen molar-refractivity contribution in [3.8, 4) is 11.8 Å². The van der Waals surface area contributed by atoms with Crippen molar-refractivity contribution >= 4 is 0 Å². The molecular formula is C25H35N. The minimum atomic E-state index is 0.557. The fourth-order valence-electron chi connectivity index (χ4n) is 3.59. The summed E-state index contributed by atoms with van der Waals surface area (Å²) >= 11 is 0. The number of aryl methyl sites for hydroxylation is 1. The van der Waals surface area contributed by atoms with Gasteiger partial charge in [-0.05, 0) is 96.8 Å². The van der Waals surface area contributed by atoms with Gasteiger partial charge in [-0.3, -0.25) is 0 Å². The van der Waals surface area contributed by atoms with Crippen LogP contribution < -0.4 is 0 Å². The van der Waals surface area contributed by atoms with Crippen LogP contribution in [0.5, 0.6) is 0 Å². The molecule has 1 fully saturated rings. The minimum Gasteiger partial charge on any atom is -0.306 e. The average Bonchev–Trinajstić information content (AvgIpc) is 2.60. The van der Waals surface area contributed by atoms with E-state index in [9.17, 15) is 0 Å². The number of piperidine rings is 1. The Morgan fingerprint density at radius 2 is 1.88 bits per heavy atom. The number of rotatable bonds is 4. The first kappa shape index (κ1) is 20.5. The maximum absolute atomic E-state index is 3.52. The molecule has 0 bridgehead atoms. The Hall–Kier alpha value is -1.78. The van der Waals surface area contributed by atoms with Crippen molar-refractivity contribution in [1.82, 2.24) is 4.90 Å². The zero-order valence-corrected chi connectivity index (χ0v) is 17.6. The van der Waals surface area contributed by atoms with Crippen LogP contribution in [0.15, 0.2) is 41.0 Å². The number of hydrogen-bond acceptors (Lipinski definition) is 1. The summed E-state index contributed by atoms with van der Waals surface area (Å²) in [6, 6.07) is 6.72. The van der Waals surface area contributed by atoms with Gasteiger partial charge in [-0.25, -0.2) is 0 Å². The van der Waals surface area contributed by atoms with Gasteiger partial charge in [0.15, 0.2) is 0 Å². The van der Waals surface area contributed by atoms with Crippen molar-refractivity contribution in [2.45, 2.75) is 60.3 Å². The number of allylic oxidation sites excluding steroid dienone is 4. The molecule has 1 aliphatic heterocycles. The molecule has 0 radical (unpaired) electrons. The maximum atomic E-state index is 3.52. The second kappa shape index (κ2) is 9.79. The van der Waals surface area contributed by atoms with E-state index in [1.165, 1.54) is 59.3 Å². The van der Waals surface area contributed by atoms with Crippen molar-refractivity contribution in [2.75, 3.05) is 20.1 Å². The summed E-state index contributed by atoms with van der Waals surface area (Å²) in [5.74, 6) is 7.53. The third-order valence-electron chi connectivity index (χ3n) is 5.38. The first-order valence-electron chi connectivity index (χ1n) is 10.0. The van der Waals surface area contributed by atoms with E-state index in [1.54, 1.807) is 0 Å². The van der Waals surface area contributed by atoms with E-state index < -0.39 is 0 Å². The first-order chi connectivity index (χ1) is 12.4. The predicted octanol–water partition coefficient (Wildman–Crippen LogP) is 5.92. The van der Waals surface area contributed by atoms with Crippen molar-refractivity contribution in [2.24, 2.45) is 5.92 Å². The summed E-state index contributed by atoms with van der Waals surface area (Å²) in [6.07, 6.45) is 6.83. The fourth-order valence-corrected chi connectivity index (χ4v) is 3.59. The molecule has 0 aromatic heterocycles. The predicted molar refractivity (Wildman–Crippen MR) is 114 cm³/mol. The number of likely N-dealkylation sites (tertiary alicyclic amines) is 1. The van der Waals surface area contributed by atoms with E-state index in [1.807, 2.05) is 0 Å². The smallest absolute Gasteiger partial charge is 0.0248 e. The average molecular weight is 350 g/mol. The normalized spacial score (nSPS) is 16.5. The second-order valence-corrected chi connectivity index (χ2v) is 8.03. The zero-order chi connectivity index (χ0) is 19.1. The van der Waals surface area contributed by atoms with Crippen molar-refractivity contribution in [1.29, 1.82) is 0 Å². The highest BCUT2D eigenvalue weighted by Gasteiger charge is 2.14. The molecule has 0 spiro atoms. The summed E-state index contributed by atoms with van der Waals surface area (Å²) in [4.78, 5) is 2.40. The largest absolute Gasteiger partial charge is 0.306 e. The quantitative estimate of drug-likeness (QED) is 0.481. The van der Waals surface area contributed by atoms with Gasteiger partial charge in [-0.1, -0.05) is 47.6 Å². The summed E-state index contributed by atoms with van der Waals surface area (Å²) in [6.45, 7) is 13.4. The monoisotopic (exact) mass is 349 g/mol. The van der Waals surface area contributed by atoms with Gasteiger partial charge in [0.25, 0.3) is 0 Å². The lowest BCUT2D eigenvalue weighted by molar-refractivity contribution is 0.248. The van der Waals surface area contributed by atoms with Gasteiger partial charge < -0.3 is 4.90 Å². The summed E-state index contributed by atoms with van der Waals surface area (Å²) < 4.78 is 0. The van der Waals surface area contributed by atoms with Gasteiger partial charge in [-0.2, -0.15) is 0 Å². The van der Waals surface area contributed by atoms with E-state index >= 15 is 0 Å². The molecule has 0 saturated carbocycles. The summed E-state index contributed by atoms with van der Waals surface area (Å²) in [5.41, 5.74) is 8.25. The number of benzene rings is 1. The molecule has 26 heavy (non-hydrogen) atoms. The number of nitrogens with zero attached hydrogens (tertiary/aromatic N) is 1. The van der Waals surface area contributed by atoms with Crippen molar-refractivity contribution in [3.05, 3.63) is 57.7 Å². The van der Waals surface area contributed by atoms with Gasteiger partial charge in [0.1, 0.15) is 0 Å². The van der Waals surface area contributed by atoms with Gasteiger partial charge >= 0.3 is 0 Å². The van der Waals surface area contributed by atoms with Crippen molar-refractivity contribution < 1.29 is 0 Å². The third kappa shape index (κ3) is 6.19. The molecule has 0 atom stereocenters. The Kier molecular flexibility index (Phi) is 7.73. The molecule has 0 amide bonds. The maximum Gasteiger partial charge on any atom is 0.0248 e. The Morgan fingerprint density at radius 1 is 1.19 bits per heavy atom. The van der Waals surface area contributed by atoms with Crippen LogP contribution in [-0.4, -0.2) is 25.0 Å². The topological polar surface area (TPSA) is 3.24 Å². The Bertz CT molecular complexity index is 727. The zero-order valence-electron chi connectivity index (χ0n) is 17.6. The lowest BCUT2D eigenvalue weighted by atomic mass is 9.93. The highest BCUT2D eigenvalue weighted by atomic mass is 15.1. The first-order valence-corrected chi connectivity index (χ1v) is 10.0. The summed E-state index contributed by atoms with van der Waals surface area (Å²) in [7, 11) is 2.20. The van der Waals surface area contributed by atoms with Crippen LogP contribution >= 0.6 is 0 Å². The molecular weight excluding hydrogens is 314 g/mol. The molecule has 1 nitrogen and oxygen atoms in total. The van der Waals surface area contributed by atoms with Gasteiger partial charge in [0, 0.05) is 11.5 Å². The third-order valence-corrected chi connectivity index (χ3v) is 5.38. The molecule has 1 saturated heterocycles. The van der Waals surface area contributed by atoms with Gasteiger partial charge in [-0.15, -0.1) is 0 Å². The van der Waals surface area contributed by atoms with E-state index in [-0.39, 0.29) is 0 Å². The SMILES string of the molecule is CC/C(Cc1cc(C#CC2CCN(C)CC2)ccc1C)=C(/C)C=C(C)C. The van der Waals surface area contributed by atoms with Gasteiger partial charge in [0.05, 0.1) is 0 Å². The van der Waals surface area contributed by atoms with Crippen molar-refractivity contribution in [3.63, 3.8) is 0 Å². The molecule has 140 valence electrons. The lowest BCUT2D eigenvalue weighted by Crippen LogP contribution is -2.29. The molecule has 1 heterocycles. The van der Waals surface area contributed by atoms with Crippen LogP contribution in [-0.2, 0) is 6.42 Å². The standard InChI is InChI=1S/C25H35N/c1-7-24(21(5)16-19(2)3)18-25-17-23(9-8-20(25)4)11-10-22-12-14-26(6)15-13-22/h8-9,16-17,22H,7,12-15,18H2,1-6H3/b24-21+. The Balaban J connectivity index is 2.18.